The Labute approximate surface area is 222 Å². The molecule has 37 heavy (non-hydrogen) atoms. The maximum absolute atomic E-state index is 13.6. The van der Waals surface area contributed by atoms with Crippen LogP contribution in [0.15, 0.2) is 48.5 Å². The molecule has 0 aliphatic carbocycles. The summed E-state index contributed by atoms with van der Waals surface area (Å²) in [7, 11) is 0. The number of aromatic hydroxyl groups is 1. The van der Waals surface area contributed by atoms with Crippen molar-refractivity contribution in [3.05, 3.63) is 65.2 Å². The second kappa shape index (κ2) is 12.1. The van der Waals surface area contributed by atoms with Gasteiger partial charge in [-0.05, 0) is 51.3 Å². The van der Waals surface area contributed by atoms with Crippen LogP contribution in [0.4, 0.5) is 0 Å². The van der Waals surface area contributed by atoms with Crippen molar-refractivity contribution < 1.29 is 24.6 Å². The smallest absolute Gasteiger partial charge is 0.252 e. The molecule has 0 aromatic heterocycles. The maximum atomic E-state index is 13.6. The molecule has 1 aliphatic heterocycles. The van der Waals surface area contributed by atoms with E-state index in [0.717, 1.165) is 5.56 Å². The van der Waals surface area contributed by atoms with Gasteiger partial charge < -0.3 is 26.2 Å². The number of hydrogen-bond acceptors (Lipinski definition) is 6. The highest BCUT2D eigenvalue weighted by Crippen LogP contribution is 2.27. The first-order valence-electron chi connectivity index (χ1n) is 12.5. The van der Waals surface area contributed by atoms with Gasteiger partial charge in [0.25, 0.3) is 5.91 Å². The molecule has 2 amide bonds. The lowest BCUT2D eigenvalue weighted by Gasteiger charge is -2.30. The molecule has 1 fully saturated rings. The van der Waals surface area contributed by atoms with E-state index >= 15 is 0 Å². The number of Topliss-reactive ketones (excluding diaryl/α,β-unsaturated/α-hetero) is 1. The van der Waals surface area contributed by atoms with Crippen LogP contribution in [0.1, 0.15) is 49.2 Å². The fraction of sp³-hybridized carbons (Fsp3) is 0.464. The van der Waals surface area contributed by atoms with Crippen molar-refractivity contribution in [2.45, 2.75) is 69.6 Å². The Morgan fingerprint density at radius 3 is 2.41 bits per heavy atom. The predicted molar refractivity (Wildman–Crippen MR) is 143 cm³/mol. The molecule has 1 unspecified atom stereocenters. The number of hydrogen-bond donors (Lipinski definition) is 5. The molecule has 0 radical (unpaired) electrons. The molecule has 0 saturated carbocycles. The van der Waals surface area contributed by atoms with E-state index in [1.54, 1.807) is 12.1 Å². The zero-order valence-corrected chi connectivity index (χ0v) is 22.4. The number of benzene rings is 2. The Morgan fingerprint density at radius 1 is 1.11 bits per heavy atom. The number of carbonyl (C=O) groups is 3. The van der Waals surface area contributed by atoms with Crippen molar-refractivity contribution in [1.29, 1.82) is 0 Å². The van der Waals surface area contributed by atoms with Gasteiger partial charge in [-0.25, -0.2) is 0 Å². The number of aliphatic hydroxyl groups is 1. The normalized spacial score (nSPS) is 21.2. The molecule has 2 aromatic carbocycles. The molecule has 2 aromatic rings. The lowest BCUT2D eigenvalue weighted by molar-refractivity contribution is -0.136. The first-order valence-corrected chi connectivity index (χ1v) is 12.9. The average Bonchev–Trinajstić information content (AvgIpc) is 3.23. The van der Waals surface area contributed by atoms with Crippen molar-refractivity contribution in [2.24, 2.45) is 5.92 Å². The summed E-state index contributed by atoms with van der Waals surface area (Å²) in [6, 6.07) is 11.9. The summed E-state index contributed by atoms with van der Waals surface area (Å²) < 4.78 is 0. The Hall–Kier alpha value is -2.94. The van der Waals surface area contributed by atoms with Crippen LogP contribution < -0.4 is 16.0 Å². The lowest BCUT2D eigenvalue weighted by Crippen LogP contribution is -2.56. The van der Waals surface area contributed by atoms with Crippen molar-refractivity contribution in [3.8, 4) is 5.75 Å². The predicted octanol–water partition coefficient (Wildman–Crippen LogP) is 2.34. The summed E-state index contributed by atoms with van der Waals surface area (Å²) in [6.45, 7) is 7.55. The van der Waals surface area contributed by atoms with Crippen LogP contribution in [0, 0.1) is 5.92 Å². The molecule has 9 heteroatoms. The number of phenolic OH excluding ortho intramolecular Hbond substituents is 1. The number of alkyl halides is 1. The fourth-order valence-electron chi connectivity index (χ4n) is 4.66. The summed E-state index contributed by atoms with van der Waals surface area (Å²) in [5, 5.41) is 29.4. The molecular weight excluding hydrogens is 494 g/mol. The molecule has 1 heterocycles. The topological polar surface area (TPSA) is 128 Å². The van der Waals surface area contributed by atoms with E-state index in [9.17, 15) is 24.6 Å². The van der Waals surface area contributed by atoms with E-state index in [1.807, 2.05) is 58.0 Å². The molecular formula is C28H36ClN3O5. The molecule has 1 saturated heterocycles. The third-order valence-electron chi connectivity index (χ3n) is 6.43. The Bertz CT molecular complexity index is 1120. The number of halogens is 1. The minimum absolute atomic E-state index is 0.00102. The van der Waals surface area contributed by atoms with Crippen molar-refractivity contribution in [3.63, 3.8) is 0 Å². The van der Waals surface area contributed by atoms with Gasteiger partial charge in [-0.3, -0.25) is 14.4 Å². The van der Waals surface area contributed by atoms with Crippen molar-refractivity contribution >= 4 is 29.2 Å². The molecule has 0 bridgehead atoms. The molecule has 1 aliphatic rings. The second-order valence-electron chi connectivity index (χ2n) is 10.4. The van der Waals surface area contributed by atoms with E-state index in [2.05, 4.69) is 16.0 Å². The first kappa shape index (κ1) is 28.6. The Kier molecular flexibility index (Phi) is 9.34. The van der Waals surface area contributed by atoms with Crippen LogP contribution in [0.5, 0.6) is 5.75 Å². The van der Waals surface area contributed by atoms with Crippen molar-refractivity contribution in [2.75, 3.05) is 6.54 Å². The fourth-order valence-corrected chi connectivity index (χ4v) is 5.02. The van der Waals surface area contributed by atoms with E-state index in [-0.39, 0.29) is 30.2 Å². The molecule has 0 spiro atoms. The van der Waals surface area contributed by atoms with Crippen LogP contribution >= 0.6 is 11.6 Å². The highest BCUT2D eigenvalue weighted by molar-refractivity contribution is 6.23. The highest BCUT2D eigenvalue weighted by atomic mass is 35.5. The molecule has 5 N–H and O–H groups in total. The summed E-state index contributed by atoms with van der Waals surface area (Å²) in [6.07, 6.45) is -1.03. The Morgan fingerprint density at radius 2 is 1.78 bits per heavy atom. The standard InChI is InChI=1S/C28H36ClN3O5/c1-5-17-18(12-9-13-21(17)33)26(36)31-20(14-16-10-7-6-8-11-16)24(34)25(35)22-19(29)15-30-23(22)27(37)32-28(2,3)4/h6-13,19-20,22-24,30,33-34H,5,14-15H2,1-4H3,(H,31,36)(H,32,37)/t19-,20+,22?,23-,24+/m1/s1. The average molecular weight is 530 g/mol. The first-order chi connectivity index (χ1) is 17.4. The zero-order chi connectivity index (χ0) is 27.3. The zero-order valence-electron chi connectivity index (χ0n) is 21.6. The van der Waals surface area contributed by atoms with E-state index in [1.165, 1.54) is 6.07 Å². The number of carbonyl (C=O) groups excluding carboxylic acids is 3. The van der Waals surface area contributed by atoms with Crippen LogP contribution in [0.2, 0.25) is 0 Å². The second-order valence-corrected chi connectivity index (χ2v) is 11.0. The van der Waals surface area contributed by atoms with Crippen LogP contribution in [-0.4, -0.2) is 63.5 Å². The number of phenols is 1. The SMILES string of the molecule is CCc1c(O)cccc1C(=O)N[C@@H](Cc1ccccc1)[C@H](O)C(=O)C1[C@H](Cl)CN[C@H]1C(=O)NC(C)(C)C. The molecule has 200 valence electrons. The third kappa shape index (κ3) is 7.09. The van der Waals surface area contributed by atoms with Gasteiger partial charge in [-0.15, -0.1) is 11.6 Å². The monoisotopic (exact) mass is 529 g/mol. The number of ketones is 1. The van der Waals surface area contributed by atoms with Gasteiger partial charge >= 0.3 is 0 Å². The Balaban J connectivity index is 1.89. The van der Waals surface area contributed by atoms with Crippen LogP contribution in [0.3, 0.4) is 0 Å². The van der Waals surface area contributed by atoms with Gasteiger partial charge in [0.2, 0.25) is 5.91 Å². The number of aliphatic hydroxyl groups excluding tert-OH is 1. The molecule has 8 nitrogen and oxygen atoms in total. The molecule has 3 rings (SSSR count). The minimum atomic E-state index is -1.62. The van der Waals surface area contributed by atoms with Crippen LogP contribution in [-0.2, 0) is 22.4 Å². The van der Waals surface area contributed by atoms with E-state index in [0.29, 0.717) is 12.0 Å². The van der Waals surface area contributed by atoms with E-state index in [4.69, 9.17) is 11.6 Å². The van der Waals surface area contributed by atoms with Gasteiger partial charge in [0.05, 0.1) is 23.4 Å². The van der Waals surface area contributed by atoms with E-state index < -0.39 is 46.7 Å². The quantitative estimate of drug-likeness (QED) is 0.317. The number of amides is 2. The van der Waals surface area contributed by atoms with Gasteiger partial charge in [0, 0.05) is 23.2 Å². The maximum Gasteiger partial charge on any atom is 0.252 e. The minimum Gasteiger partial charge on any atom is -0.508 e. The van der Waals surface area contributed by atoms with Gasteiger partial charge in [-0.1, -0.05) is 43.3 Å². The van der Waals surface area contributed by atoms with Crippen molar-refractivity contribution in [1.82, 2.24) is 16.0 Å². The number of rotatable bonds is 9. The van der Waals surface area contributed by atoms with Gasteiger partial charge in [0.15, 0.2) is 5.78 Å². The van der Waals surface area contributed by atoms with Gasteiger partial charge in [0.1, 0.15) is 11.9 Å². The lowest BCUT2D eigenvalue weighted by atomic mass is 9.86. The summed E-state index contributed by atoms with van der Waals surface area (Å²) in [5.74, 6) is -2.50. The largest absolute Gasteiger partial charge is 0.508 e. The third-order valence-corrected chi connectivity index (χ3v) is 6.85. The highest BCUT2D eigenvalue weighted by Gasteiger charge is 2.47. The van der Waals surface area contributed by atoms with Crippen LogP contribution in [0.25, 0.3) is 0 Å². The molecule has 5 atom stereocenters. The number of nitrogens with one attached hydrogen (secondary N) is 3. The van der Waals surface area contributed by atoms with Gasteiger partial charge in [-0.2, -0.15) is 0 Å². The summed E-state index contributed by atoms with van der Waals surface area (Å²) in [4.78, 5) is 39.8. The summed E-state index contributed by atoms with van der Waals surface area (Å²) in [5.41, 5.74) is 1.02. The summed E-state index contributed by atoms with van der Waals surface area (Å²) >= 11 is 6.46.